The van der Waals surface area contributed by atoms with Crippen LogP contribution in [0.25, 0.3) is 10.7 Å². The Hall–Kier alpha value is -2.31. The van der Waals surface area contributed by atoms with Crippen molar-refractivity contribution in [2.45, 2.75) is 27.2 Å². The van der Waals surface area contributed by atoms with E-state index in [0.29, 0.717) is 12.4 Å². The zero-order valence-corrected chi connectivity index (χ0v) is 14.8. The van der Waals surface area contributed by atoms with E-state index in [2.05, 4.69) is 52.3 Å². The zero-order chi connectivity index (χ0) is 17.1. The molecule has 24 heavy (non-hydrogen) atoms. The van der Waals surface area contributed by atoms with Crippen molar-refractivity contribution in [1.82, 2.24) is 15.0 Å². The van der Waals surface area contributed by atoms with Crippen molar-refractivity contribution in [3.63, 3.8) is 0 Å². The molecular weight excluding hydrogens is 320 g/mol. The molecule has 0 amide bonds. The quantitative estimate of drug-likeness (QED) is 0.739. The highest BCUT2D eigenvalue weighted by Crippen LogP contribution is 2.27. The largest absolute Gasteiger partial charge is 0.396 e. The van der Waals surface area contributed by atoms with Crippen LogP contribution < -0.4 is 5.32 Å². The van der Waals surface area contributed by atoms with Crippen LogP contribution in [0.3, 0.4) is 0 Å². The van der Waals surface area contributed by atoms with Crippen molar-refractivity contribution in [2.75, 3.05) is 11.9 Å². The number of nitrogens with one attached hydrogen (secondary N) is 1. The van der Waals surface area contributed by atoms with Gasteiger partial charge in [0.05, 0.1) is 5.69 Å². The lowest BCUT2D eigenvalue weighted by Gasteiger charge is -2.07. The van der Waals surface area contributed by atoms with Crippen molar-refractivity contribution in [2.24, 2.45) is 0 Å². The Labute approximate surface area is 145 Å². The first kappa shape index (κ1) is 16.5. The monoisotopic (exact) mass is 340 g/mol. The normalized spacial score (nSPS) is 10.8. The number of anilines is 2. The molecule has 0 unspecified atom stereocenters. The number of nitrogens with zero attached hydrogens (tertiary/aromatic N) is 3. The number of aliphatic hydroxyl groups is 1. The maximum absolute atomic E-state index is 9.12. The van der Waals surface area contributed by atoms with Gasteiger partial charge in [0.2, 0.25) is 5.95 Å². The second-order valence-corrected chi connectivity index (χ2v) is 6.85. The van der Waals surface area contributed by atoms with Gasteiger partial charge in [0.25, 0.3) is 0 Å². The Bertz CT molecular complexity index is 840. The minimum Gasteiger partial charge on any atom is -0.396 e. The maximum atomic E-state index is 9.12. The number of thiazole rings is 1. The van der Waals surface area contributed by atoms with Gasteiger partial charge in [0, 0.05) is 29.8 Å². The van der Waals surface area contributed by atoms with E-state index in [1.54, 1.807) is 17.5 Å². The van der Waals surface area contributed by atoms with Crippen LogP contribution in [0.1, 0.15) is 21.7 Å². The molecule has 0 aliphatic carbocycles. The molecule has 124 valence electrons. The smallest absolute Gasteiger partial charge is 0.227 e. The minimum atomic E-state index is 0.131. The van der Waals surface area contributed by atoms with E-state index in [0.717, 1.165) is 27.0 Å². The second-order valence-electron chi connectivity index (χ2n) is 5.77. The molecule has 0 aliphatic rings. The molecule has 0 aliphatic heterocycles. The molecule has 3 aromatic rings. The van der Waals surface area contributed by atoms with Crippen LogP contribution in [0.15, 0.2) is 30.5 Å². The Morgan fingerprint density at radius 3 is 2.54 bits per heavy atom. The average Bonchev–Trinajstić information content (AvgIpc) is 2.88. The Morgan fingerprint density at radius 1 is 1.08 bits per heavy atom. The Morgan fingerprint density at radius 2 is 1.83 bits per heavy atom. The Balaban J connectivity index is 1.87. The maximum Gasteiger partial charge on any atom is 0.227 e. The van der Waals surface area contributed by atoms with E-state index in [1.807, 2.05) is 13.0 Å². The van der Waals surface area contributed by atoms with Gasteiger partial charge in [-0.25, -0.2) is 15.0 Å². The first-order valence-electron chi connectivity index (χ1n) is 7.81. The topological polar surface area (TPSA) is 70.9 Å². The number of hydrogen-bond acceptors (Lipinski definition) is 6. The van der Waals surface area contributed by atoms with Gasteiger partial charge in [0.15, 0.2) is 0 Å². The molecule has 1 aromatic carbocycles. The first-order chi connectivity index (χ1) is 11.5. The SMILES string of the molecule is Cc1cc(C)cc(Nc2nccc(-c3nc(C)c(CCO)s3)n2)c1. The van der Waals surface area contributed by atoms with Crippen molar-refractivity contribution in [1.29, 1.82) is 0 Å². The van der Waals surface area contributed by atoms with Crippen molar-refractivity contribution < 1.29 is 5.11 Å². The molecule has 5 nitrogen and oxygen atoms in total. The molecule has 0 radical (unpaired) electrons. The Kier molecular flexibility index (Phi) is 4.87. The fraction of sp³-hybridized carbons (Fsp3) is 0.278. The third kappa shape index (κ3) is 3.77. The molecule has 3 rings (SSSR count). The molecule has 0 fully saturated rings. The standard InChI is InChI=1S/C18H20N4OS/c1-11-8-12(2)10-14(9-11)21-18-19-6-4-15(22-18)17-20-13(3)16(24-17)5-7-23/h4,6,8-10,23H,5,7H2,1-3H3,(H,19,21,22). The second kappa shape index (κ2) is 7.07. The third-order valence-corrected chi connectivity index (χ3v) is 4.82. The van der Waals surface area contributed by atoms with Crippen molar-refractivity contribution >= 4 is 23.0 Å². The van der Waals surface area contributed by atoms with Crippen LogP contribution in [-0.4, -0.2) is 26.7 Å². The van der Waals surface area contributed by atoms with Crippen LogP contribution >= 0.6 is 11.3 Å². The van der Waals surface area contributed by atoms with Gasteiger partial charge in [-0.1, -0.05) is 6.07 Å². The predicted molar refractivity (Wildman–Crippen MR) is 97.9 cm³/mol. The summed E-state index contributed by atoms with van der Waals surface area (Å²) in [4.78, 5) is 14.5. The highest BCUT2D eigenvalue weighted by Gasteiger charge is 2.11. The summed E-state index contributed by atoms with van der Waals surface area (Å²) in [5, 5.41) is 13.2. The van der Waals surface area contributed by atoms with Gasteiger partial charge in [-0.3, -0.25) is 0 Å². The number of rotatable bonds is 5. The fourth-order valence-corrected chi connectivity index (χ4v) is 3.61. The van der Waals surface area contributed by atoms with Gasteiger partial charge in [-0.2, -0.15) is 0 Å². The van der Waals surface area contributed by atoms with Gasteiger partial charge in [-0.15, -0.1) is 11.3 Å². The number of hydrogen-bond donors (Lipinski definition) is 2. The molecule has 0 bridgehead atoms. The highest BCUT2D eigenvalue weighted by molar-refractivity contribution is 7.15. The molecule has 6 heteroatoms. The van der Waals surface area contributed by atoms with E-state index >= 15 is 0 Å². The van der Waals surface area contributed by atoms with Crippen LogP contribution in [-0.2, 0) is 6.42 Å². The minimum absolute atomic E-state index is 0.131. The first-order valence-corrected chi connectivity index (χ1v) is 8.62. The van der Waals surface area contributed by atoms with Crippen LogP contribution in [0.4, 0.5) is 11.6 Å². The van der Waals surface area contributed by atoms with E-state index in [-0.39, 0.29) is 6.61 Å². The van der Waals surface area contributed by atoms with Gasteiger partial charge in [0.1, 0.15) is 10.7 Å². The summed E-state index contributed by atoms with van der Waals surface area (Å²) >= 11 is 1.57. The van der Waals surface area contributed by atoms with Gasteiger partial charge < -0.3 is 10.4 Å². The molecule has 0 atom stereocenters. The summed E-state index contributed by atoms with van der Waals surface area (Å²) in [6.45, 7) is 6.22. The number of benzene rings is 1. The summed E-state index contributed by atoms with van der Waals surface area (Å²) in [6.07, 6.45) is 2.36. The van der Waals surface area contributed by atoms with E-state index in [1.165, 1.54) is 11.1 Å². The highest BCUT2D eigenvalue weighted by atomic mass is 32.1. The van der Waals surface area contributed by atoms with Crippen LogP contribution in [0.2, 0.25) is 0 Å². The fourth-order valence-electron chi connectivity index (χ4n) is 2.59. The zero-order valence-electron chi connectivity index (χ0n) is 14.0. The molecule has 2 aromatic heterocycles. The summed E-state index contributed by atoms with van der Waals surface area (Å²) in [5.41, 5.74) is 5.09. The van der Waals surface area contributed by atoms with E-state index in [4.69, 9.17) is 5.11 Å². The summed E-state index contributed by atoms with van der Waals surface area (Å²) in [7, 11) is 0. The number of aliphatic hydroxyl groups excluding tert-OH is 1. The molecule has 2 heterocycles. The summed E-state index contributed by atoms with van der Waals surface area (Å²) in [5.74, 6) is 0.550. The molecule has 0 spiro atoms. The van der Waals surface area contributed by atoms with Crippen molar-refractivity contribution in [3.8, 4) is 10.7 Å². The predicted octanol–water partition coefficient (Wildman–Crippen LogP) is 3.80. The molecule has 2 N–H and O–H groups in total. The lowest BCUT2D eigenvalue weighted by molar-refractivity contribution is 0.300. The average molecular weight is 340 g/mol. The molecular formula is C18H20N4OS. The lowest BCUT2D eigenvalue weighted by Crippen LogP contribution is -1.98. The number of aromatic nitrogens is 3. The van der Waals surface area contributed by atoms with E-state index in [9.17, 15) is 0 Å². The van der Waals surface area contributed by atoms with Crippen LogP contribution in [0, 0.1) is 20.8 Å². The molecule has 0 saturated carbocycles. The summed E-state index contributed by atoms with van der Waals surface area (Å²) in [6, 6.07) is 8.11. The van der Waals surface area contributed by atoms with Gasteiger partial charge >= 0.3 is 0 Å². The summed E-state index contributed by atoms with van der Waals surface area (Å²) < 4.78 is 0. The third-order valence-electron chi connectivity index (χ3n) is 3.58. The molecule has 0 saturated heterocycles. The van der Waals surface area contributed by atoms with Crippen molar-refractivity contribution in [3.05, 3.63) is 52.2 Å². The lowest BCUT2D eigenvalue weighted by atomic mass is 10.1. The van der Waals surface area contributed by atoms with Gasteiger partial charge in [-0.05, 0) is 50.1 Å². The van der Waals surface area contributed by atoms with Crippen LogP contribution in [0.5, 0.6) is 0 Å². The van der Waals surface area contributed by atoms with E-state index < -0.39 is 0 Å². The number of aryl methyl sites for hydroxylation is 3.